The average molecular weight is 338 g/mol. The van der Waals surface area contributed by atoms with Gasteiger partial charge in [0, 0.05) is 21.2 Å². The number of para-hydroxylation sites is 1. The molecule has 3 nitrogen and oxygen atoms in total. The van der Waals surface area contributed by atoms with Gasteiger partial charge in [-0.1, -0.05) is 34.1 Å². The Morgan fingerprint density at radius 1 is 1.14 bits per heavy atom. The molecule has 0 amide bonds. The number of rotatable bonds is 2. The molecular formula is C17H12BrN3. The fourth-order valence-electron chi connectivity index (χ4n) is 2.23. The summed E-state index contributed by atoms with van der Waals surface area (Å²) in [7, 11) is 0. The molecule has 2 aromatic carbocycles. The Bertz CT molecular complexity index is 866. The number of nitrogens with zero attached hydrogens (tertiary/aromatic N) is 2. The van der Waals surface area contributed by atoms with Crippen LogP contribution in [0.2, 0.25) is 0 Å². The Balaban J connectivity index is 2.08. The van der Waals surface area contributed by atoms with Gasteiger partial charge in [-0.3, -0.25) is 4.98 Å². The van der Waals surface area contributed by atoms with E-state index in [9.17, 15) is 0 Å². The number of benzene rings is 2. The third kappa shape index (κ3) is 2.88. The van der Waals surface area contributed by atoms with E-state index in [1.807, 2.05) is 43.3 Å². The van der Waals surface area contributed by atoms with Gasteiger partial charge in [0.1, 0.15) is 0 Å². The smallest absolute Gasteiger partial charge is 0.0992 e. The first-order valence-electron chi connectivity index (χ1n) is 6.50. The Kier molecular flexibility index (Phi) is 3.59. The summed E-state index contributed by atoms with van der Waals surface area (Å²) in [6.45, 7) is 1.98. The maximum atomic E-state index is 9.05. The Labute approximate surface area is 131 Å². The molecule has 0 atom stereocenters. The van der Waals surface area contributed by atoms with Crippen LogP contribution >= 0.6 is 15.9 Å². The van der Waals surface area contributed by atoms with Crippen molar-refractivity contribution in [1.29, 1.82) is 5.26 Å². The van der Waals surface area contributed by atoms with Gasteiger partial charge in [0.15, 0.2) is 0 Å². The lowest BCUT2D eigenvalue weighted by Gasteiger charge is -2.10. The van der Waals surface area contributed by atoms with E-state index in [4.69, 9.17) is 5.26 Å². The van der Waals surface area contributed by atoms with Crippen molar-refractivity contribution in [3.63, 3.8) is 0 Å². The first kappa shape index (κ1) is 13.6. The number of nitrogens with one attached hydrogen (secondary N) is 1. The highest BCUT2D eigenvalue weighted by Crippen LogP contribution is 2.27. The molecule has 0 fully saturated rings. The van der Waals surface area contributed by atoms with Crippen LogP contribution in [0.1, 0.15) is 11.3 Å². The largest absolute Gasteiger partial charge is 0.354 e. The van der Waals surface area contributed by atoms with Crippen LogP contribution in [0.3, 0.4) is 0 Å². The molecule has 0 radical (unpaired) electrons. The molecule has 102 valence electrons. The molecular weight excluding hydrogens is 326 g/mol. The van der Waals surface area contributed by atoms with E-state index < -0.39 is 0 Å². The quantitative estimate of drug-likeness (QED) is 0.721. The topological polar surface area (TPSA) is 48.7 Å². The molecule has 0 saturated heterocycles. The molecule has 1 aromatic heterocycles. The second-order valence-electron chi connectivity index (χ2n) is 4.80. The van der Waals surface area contributed by atoms with Crippen LogP contribution in [-0.4, -0.2) is 4.98 Å². The summed E-state index contributed by atoms with van der Waals surface area (Å²) < 4.78 is 0.869. The molecule has 21 heavy (non-hydrogen) atoms. The number of nitriles is 1. The van der Waals surface area contributed by atoms with Gasteiger partial charge in [-0.05, 0) is 37.3 Å². The molecule has 0 bridgehead atoms. The van der Waals surface area contributed by atoms with Crippen molar-refractivity contribution < 1.29 is 0 Å². The first-order chi connectivity index (χ1) is 10.2. The van der Waals surface area contributed by atoms with E-state index >= 15 is 0 Å². The fourth-order valence-corrected chi connectivity index (χ4v) is 2.72. The van der Waals surface area contributed by atoms with Gasteiger partial charge in [0.05, 0.1) is 22.8 Å². The van der Waals surface area contributed by atoms with Crippen molar-refractivity contribution in [3.05, 3.63) is 64.3 Å². The lowest BCUT2D eigenvalue weighted by atomic mass is 10.1. The zero-order valence-electron chi connectivity index (χ0n) is 11.4. The molecule has 0 saturated carbocycles. The highest BCUT2D eigenvalue weighted by atomic mass is 79.9. The predicted molar refractivity (Wildman–Crippen MR) is 88.6 cm³/mol. The normalized spacial score (nSPS) is 10.3. The highest BCUT2D eigenvalue weighted by Gasteiger charge is 2.05. The number of hydrogen-bond acceptors (Lipinski definition) is 3. The summed E-state index contributed by atoms with van der Waals surface area (Å²) in [5.74, 6) is 0. The minimum absolute atomic E-state index is 0.608. The van der Waals surface area contributed by atoms with E-state index in [0.717, 1.165) is 32.4 Å². The number of hydrogen-bond donors (Lipinski definition) is 1. The summed E-state index contributed by atoms with van der Waals surface area (Å²) in [4.78, 5) is 4.60. The number of pyridine rings is 1. The number of aryl methyl sites for hydroxylation is 1. The fraction of sp³-hybridized carbons (Fsp3) is 0.0588. The van der Waals surface area contributed by atoms with Crippen molar-refractivity contribution in [2.24, 2.45) is 0 Å². The summed E-state index contributed by atoms with van der Waals surface area (Å²) in [6.07, 6.45) is 0. The zero-order chi connectivity index (χ0) is 14.8. The molecule has 0 spiro atoms. The molecule has 4 heteroatoms. The second-order valence-corrected chi connectivity index (χ2v) is 5.71. The van der Waals surface area contributed by atoms with E-state index in [-0.39, 0.29) is 0 Å². The summed E-state index contributed by atoms with van der Waals surface area (Å²) in [5.41, 5.74) is 4.30. The molecule has 0 aliphatic rings. The molecule has 1 N–H and O–H groups in total. The van der Waals surface area contributed by atoms with Crippen molar-refractivity contribution in [3.8, 4) is 6.07 Å². The van der Waals surface area contributed by atoms with Crippen LogP contribution < -0.4 is 5.32 Å². The molecule has 1 heterocycles. The van der Waals surface area contributed by atoms with Gasteiger partial charge in [0.2, 0.25) is 0 Å². The maximum Gasteiger partial charge on any atom is 0.0992 e. The molecule has 0 aliphatic carbocycles. The monoisotopic (exact) mass is 337 g/mol. The number of aromatic nitrogens is 1. The van der Waals surface area contributed by atoms with Gasteiger partial charge in [-0.2, -0.15) is 5.26 Å². The van der Waals surface area contributed by atoms with Crippen LogP contribution in [-0.2, 0) is 0 Å². The third-order valence-electron chi connectivity index (χ3n) is 3.17. The molecule has 3 aromatic rings. The van der Waals surface area contributed by atoms with Crippen molar-refractivity contribution in [2.45, 2.75) is 6.92 Å². The van der Waals surface area contributed by atoms with Crippen molar-refractivity contribution >= 4 is 38.2 Å². The predicted octanol–water partition coefficient (Wildman–Crippen LogP) is 4.92. The van der Waals surface area contributed by atoms with Gasteiger partial charge < -0.3 is 5.32 Å². The van der Waals surface area contributed by atoms with Crippen LogP contribution in [0.5, 0.6) is 0 Å². The van der Waals surface area contributed by atoms with Crippen molar-refractivity contribution in [2.75, 3.05) is 5.32 Å². The van der Waals surface area contributed by atoms with E-state index in [0.29, 0.717) is 5.56 Å². The van der Waals surface area contributed by atoms with Crippen molar-refractivity contribution in [1.82, 2.24) is 4.98 Å². The van der Waals surface area contributed by atoms with Gasteiger partial charge in [-0.25, -0.2) is 0 Å². The summed E-state index contributed by atoms with van der Waals surface area (Å²) in [5, 5.41) is 13.5. The summed E-state index contributed by atoms with van der Waals surface area (Å²) in [6, 6.07) is 17.8. The minimum atomic E-state index is 0.608. The molecule has 3 rings (SSSR count). The van der Waals surface area contributed by atoms with Crippen LogP contribution in [0, 0.1) is 18.3 Å². The maximum absolute atomic E-state index is 9.05. The third-order valence-corrected chi connectivity index (χ3v) is 3.62. The number of fused-ring (bicyclic) bond motifs is 1. The lowest BCUT2D eigenvalue weighted by Crippen LogP contribution is -1.94. The zero-order valence-corrected chi connectivity index (χ0v) is 13.0. The molecule has 0 aliphatic heterocycles. The molecule has 0 unspecified atom stereocenters. The van der Waals surface area contributed by atoms with Crippen LogP contribution in [0.25, 0.3) is 10.9 Å². The Hall–Kier alpha value is -2.38. The standard InChI is InChI=1S/C17H12BrN3/c1-11-5-6-13-3-2-4-16(17(13)20-11)21-15-8-12(10-19)7-14(18)9-15/h2-9,21H,1H3. The summed E-state index contributed by atoms with van der Waals surface area (Å²) >= 11 is 3.42. The number of anilines is 2. The van der Waals surface area contributed by atoms with E-state index in [2.05, 4.69) is 38.4 Å². The average Bonchev–Trinajstić information content (AvgIpc) is 2.47. The van der Waals surface area contributed by atoms with Crippen LogP contribution in [0.4, 0.5) is 11.4 Å². The first-order valence-corrected chi connectivity index (χ1v) is 7.29. The Morgan fingerprint density at radius 2 is 2.00 bits per heavy atom. The van der Waals surface area contributed by atoms with Gasteiger partial charge in [-0.15, -0.1) is 0 Å². The highest BCUT2D eigenvalue weighted by molar-refractivity contribution is 9.10. The SMILES string of the molecule is Cc1ccc2cccc(Nc3cc(Br)cc(C#N)c3)c2n1. The van der Waals surface area contributed by atoms with Gasteiger partial charge in [0.25, 0.3) is 0 Å². The second kappa shape index (κ2) is 5.55. The minimum Gasteiger partial charge on any atom is -0.354 e. The Morgan fingerprint density at radius 3 is 2.81 bits per heavy atom. The van der Waals surface area contributed by atoms with E-state index in [1.165, 1.54) is 0 Å². The number of halogens is 1. The lowest BCUT2D eigenvalue weighted by molar-refractivity contribution is 1.25. The van der Waals surface area contributed by atoms with Gasteiger partial charge >= 0.3 is 0 Å². The van der Waals surface area contributed by atoms with E-state index in [1.54, 1.807) is 6.07 Å². The van der Waals surface area contributed by atoms with Crippen LogP contribution in [0.15, 0.2) is 53.0 Å².